The zero-order chi connectivity index (χ0) is 15.0. The molecule has 1 aromatic rings. The van der Waals surface area contributed by atoms with Gasteiger partial charge in [-0.15, -0.1) is 12.4 Å². The van der Waals surface area contributed by atoms with Crippen LogP contribution in [0.2, 0.25) is 0 Å². The first-order valence-corrected chi connectivity index (χ1v) is 7.46. The van der Waals surface area contributed by atoms with E-state index in [1.54, 1.807) is 11.8 Å². The number of likely N-dealkylation sites (tertiary alicyclic amines) is 1. The Morgan fingerprint density at radius 1 is 1.18 bits per heavy atom. The van der Waals surface area contributed by atoms with Crippen LogP contribution in [0.3, 0.4) is 0 Å². The van der Waals surface area contributed by atoms with Gasteiger partial charge >= 0.3 is 0 Å². The van der Waals surface area contributed by atoms with Gasteiger partial charge in [0.2, 0.25) is 0 Å². The van der Waals surface area contributed by atoms with Crippen molar-refractivity contribution < 1.29 is 13.6 Å². The van der Waals surface area contributed by atoms with Crippen molar-refractivity contribution in [3.8, 4) is 0 Å². The van der Waals surface area contributed by atoms with E-state index in [9.17, 15) is 13.6 Å². The fourth-order valence-electron chi connectivity index (χ4n) is 3.47. The minimum Gasteiger partial charge on any atom is -0.338 e. The zero-order valence-corrected chi connectivity index (χ0v) is 13.4. The summed E-state index contributed by atoms with van der Waals surface area (Å²) >= 11 is 0. The molecule has 0 bridgehead atoms. The monoisotopic (exact) mass is 330 g/mol. The van der Waals surface area contributed by atoms with Crippen LogP contribution in [0.25, 0.3) is 0 Å². The largest absolute Gasteiger partial charge is 0.338 e. The number of nitrogens with one attached hydrogen (secondary N) is 1. The van der Waals surface area contributed by atoms with Crippen LogP contribution in [-0.2, 0) is 0 Å². The van der Waals surface area contributed by atoms with Gasteiger partial charge in [-0.1, -0.05) is 0 Å². The number of carbonyl (C=O) groups is 1. The molecule has 2 aliphatic heterocycles. The van der Waals surface area contributed by atoms with E-state index in [4.69, 9.17) is 0 Å². The van der Waals surface area contributed by atoms with E-state index in [0.717, 1.165) is 38.4 Å². The molecule has 1 N–H and O–H groups in total. The Balaban J connectivity index is 0.00000176. The first-order chi connectivity index (χ1) is 10.0. The summed E-state index contributed by atoms with van der Waals surface area (Å²) in [4.78, 5) is 14.2. The van der Waals surface area contributed by atoms with E-state index in [1.165, 1.54) is 6.07 Å². The SMILES string of the molecule is Cc1cc(C(=O)N2CCC3(CCNCC3)C2)c(F)cc1F.Cl. The molecule has 0 aliphatic carbocycles. The maximum Gasteiger partial charge on any atom is 0.256 e. The minimum atomic E-state index is -0.769. The highest BCUT2D eigenvalue weighted by Crippen LogP contribution is 2.39. The molecule has 3 nitrogen and oxygen atoms in total. The van der Waals surface area contributed by atoms with Gasteiger partial charge < -0.3 is 10.2 Å². The number of rotatable bonds is 1. The third-order valence-electron chi connectivity index (χ3n) is 4.87. The van der Waals surface area contributed by atoms with Gasteiger partial charge in [0.25, 0.3) is 5.91 Å². The van der Waals surface area contributed by atoms with Crippen molar-refractivity contribution in [3.05, 3.63) is 34.9 Å². The highest BCUT2D eigenvalue weighted by atomic mass is 35.5. The Kier molecular flexibility index (Phi) is 5.07. The predicted octanol–water partition coefficient (Wildman–Crippen LogP) is 2.91. The van der Waals surface area contributed by atoms with Crippen molar-refractivity contribution in [3.63, 3.8) is 0 Å². The molecular formula is C16H21ClF2N2O. The lowest BCUT2D eigenvalue weighted by Crippen LogP contribution is -2.39. The normalized spacial score (nSPS) is 20.0. The number of carbonyl (C=O) groups excluding carboxylic acids is 1. The van der Waals surface area contributed by atoms with Crippen LogP contribution in [-0.4, -0.2) is 37.0 Å². The van der Waals surface area contributed by atoms with Gasteiger partial charge in [0.15, 0.2) is 0 Å². The second kappa shape index (κ2) is 6.50. The molecular weight excluding hydrogens is 310 g/mol. The molecule has 0 aromatic heterocycles. The average Bonchev–Trinajstić information content (AvgIpc) is 2.87. The van der Waals surface area contributed by atoms with Crippen LogP contribution in [0.5, 0.6) is 0 Å². The predicted molar refractivity (Wildman–Crippen MR) is 83.4 cm³/mol. The van der Waals surface area contributed by atoms with Crippen LogP contribution in [0, 0.1) is 24.0 Å². The van der Waals surface area contributed by atoms with E-state index in [0.29, 0.717) is 18.7 Å². The quantitative estimate of drug-likeness (QED) is 0.858. The summed E-state index contributed by atoms with van der Waals surface area (Å²) in [5.74, 6) is -1.69. The molecule has 2 saturated heterocycles. The second-order valence-corrected chi connectivity index (χ2v) is 6.31. The average molecular weight is 331 g/mol. The van der Waals surface area contributed by atoms with E-state index in [1.807, 2.05) is 0 Å². The zero-order valence-electron chi connectivity index (χ0n) is 12.6. The highest BCUT2D eigenvalue weighted by Gasteiger charge is 2.41. The van der Waals surface area contributed by atoms with Crippen molar-refractivity contribution in [2.75, 3.05) is 26.2 Å². The maximum atomic E-state index is 13.9. The lowest BCUT2D eigenvalue weighted by atomic mass is 9.78. The van der Waals surface area contributed by atoms with Gasteiger partial charge in [-0.05, 0) is 56.3 Å². The lowest BCUT2D eigenvalue weighted by molar-refractivity contribution is 0.0757. The Hall–Kier alpha value is -1.20. The molecule has 22 heavy (non-hydrogen) atoms. The molecule has 0 radical (unpaired) electrons. The van der Waals surface area contributed by atoms with Gasteiger partial charge in [-0.2, -0.15) is 0 Å². The summed E-state index contributed by atoms with van der Waals surface area (Å²) in [5.41, 5.74) is 0.474. The van der Waals surface area contributed by atoms with Gasteiger partial charge in [0.1, 0.15) is 11.6 Å². The number of nitrogens with zero attached hydrogens (tertiary/aromatic N) is 1. The third kappa shape index (κ3) is 3.10. The molecule has 0 saturated carbocycles. The summed E-state index contributed by atoms with van der Waals surface area (Å²) in [6.45, 7) is 4.85. The molecule has 2 aliphatic rings. The van der Waals surface area contributed by atoms with Crippen LogP contribution in [0.15, 0.2) is 12.1 Å². The molecule has 0 unspecified atom stereocenters. The summed E-state index contributed by atoms with van der Waals surface area (Å²) in [6, 6.07) is 2.12. The van der Waals surface area contributed by atoms with Gasteiger partial charge in [-0.3, -0.25) is 4.79 Å². The summed E-state index contributed by atoms with van der Waals surface area (Å²) in [5, 5.41) is 3.33. The molecule has 1 amide bonds. The molecule has 2 fully saturated rings. The smallest absolute Gasteiger partial charge is 0.256 e. The van der Waals surface area contributed by atoms with Gasteiger partial charge in [0, 0.05) is 19.2 Å². The second-order valence-electron chi connectivity index (χ2n) is 6.31. The number of aryl methyl sites for hydroxylation is 1. The molecule has 0 atom stereocenters. The number of halogens is 3. The van der Waals surface area contributed by atoms with Gasteiger partial charge in [0.05, 0.1) is 5.56 Å². The number of piperidine rings is 1. The van der Waals surface area contributed by atoms with E-state index in [-0.39, 0.29) is 29.3 Å². The Labute approximate surface area is 135 Å². The van der Waals surface area contributed by atoms with E-state index >= 15 is 0 Å². The van der Waals surface area contributed by atoms with E-state index < -0.39 is 11.6 Å². The Bertz CT molecular complexity index is 574. The first-order valence-electron chi connectivity index (χ1n) is 7.46. The Morgan fingerprint density at radius 3 is 2.55 bits per heavy atom. The third-order valence-corrected chi connectivity index (χ3v) is 4.87. The number of benzene rings is 1. The fraction of sp³-hybridized carbons (Fsp3) is 0.562. The van der Waals surface area contributed by atoms with Crippen molar-refractivity contribution in [2.24, 2.45) is 5.41 Å². The Morgan fingerprint density at radius 2 is 1.86 bits per heavy atom. The van der Waals surface area contributed by atoms with Crippen molar-refractivity contribution in [2.45, 2.75) is 26.2 Å². The molecule has 122 valence electrons. The molecule has 1 spiro atoms. The lowest BCUT2D eigenvalue weighted by Gasteiger charge is -2.33. The van der Waals surface area contributed by atoms with Crippen molar-refractivity contribution in [1.82, 2.24) is 10.2 Å². The molecule has 3 rings (SSSR count). The number of hydrogen-bond donors (Lipinski definition) is 1. The molecule has 2 heterocycles. The highest BCUT2D eigenvalue weighted by molar-refractivity contribution is 5.95. The standard InChI is InChI=1S/C16H20F2N2O.ClH/c1-11-8-12(14(18)9-13(11)17)15(21)20-7-4-16(10-20)2-5-19-6-3-16;/h8-9,19H,2-7,10H2,1H3;1H. The molecule has 6 heteroatoms. The van der Waals surface area contributed by atoms with Crippen molar-refractivity contribution >= 4 is 18.3 Å². The topological polar surface area (TPSA) is 32.3 Å². The number of amides is 1. The van der Waals surface area contributed by atoms with E-state index in [2.05, 4.69) is 5.32 Å². The summed E-state index contributed by atoms with van der Waals surface area (Å²) in [7, 11) is 0. The fourth-order valence-corrected chi connectivity index (χ4v) is 3.47. The minimum absolute atomic E-state index is 0. The van der Waals surface area contributed by atoms with Gasteiger partial charge in [-0.25, -0.2) is 8.78 Å². The molecule has 1 aromatic carbocycles. The van der Waals surface area contributed by atoms with Crippen LogP contribution < -0.4 is 5.32 Å². The summed E-state index contributed by atoms with van der Waals surface area (Å²) in [6.07, 6.45) is 3.09. The van der Waals surface area contributed by atoms with Crippen LogP contribution >= 0.6 is 12.4 Å². The summed E-state index contributed by atoms with van der Waals surface area (Å²) < 4.78 is 27.2. The first kappa shape index (κ1) is 17.2. The van der Waals surface area contributed by atoms with Crippen LogP contribution in [0.1, 0.15) is 35.2 Å². The van der Waals surface area contributed by atoms with Crippen molar-refractivity contribution in [1.29, 1.82) is 0 Å². The maximum absolute atomic E-state index is 13.9. The number of hydrogen-bond acceptors (Lipinski definition) is 2. The van der Waals surface area contributed by atoms with Crippen LogP contribution in [0.4, 0.5) is 8.78 Å².